The zero-order valence-electron chi connectivity index (χ0n) is 17.5. The van der Waals surface area contributed by atoms with E-state index in [-0.39, 0.29) is 4.40 Å². The van der Waals surface area contributed by atoms with Gasteiger partial charge in [0.05, 0.1) is 24.2 Å². The van der Waals surface area contributed by atoms with Crippen molar-refractivity contribution in [3.8, 4) is 0 Å². The summed E-state index contributed by atoms with van der Waals surface area (Å²) in [6.07, 6.45) is 3.38. The van der Waals surface area contributed by atoms with Crippen LogP contribution in [-0.2, 0) is 8.78 Å². The van der Waals surface area contributed by atoms with Crippen LogP contribution in [0, 0.1) is 0 Å². The molecule has 0 aliphatic carbocycles. The first-order valence-corrected chi connectivity index (χ1v) is 24.3. The average molecular weight is 407 g/mol. The second kappa shape index (κ2) is 5.91. The maximum Gasteiger partial charge on any atom is 0.215 e. The van der Waals surface area contributed by atoms with E-state index in [1.807, 2.05) is 0 Å². The van der Waals surface area contributed by atoms with Crippen LogP contribution in [0.2, 0.25) is 78.6 Å². The van der Waals surface area contributed by atoms with E-state index < -0.39 is 39.9 Å². The quantitative estimate of drug-likeness (QED) is 0.372. The highest BCUT2D eigenvalue weighted by atomic mass is 31.2. The van der Waals surface area contributed by atoms with Crippen LogP contribution in [0.1, 0.15) is 6.42 Å². The summed E-state index contributed by atoms with van der Waals surface area (Å²) in [6.45, 7) is 28.2. The third kappa shape index (κ3) is 3.68. The Hall–Kier alpha value is 0.798. The highest BCUT2D eigenvalue weighted by Gasteiger charge is 2.68. The largest absolute Gasteiger partial charge is 0.368 e. The lowest BCUT2D eigenvalue weighted by Crippen LogP contribution is -2.65. The van der Waals surface area contributed by atoms with Gasteiger partial charge in [-0.3, -0.25) is 4.57 Å². The Labute approximate surface area is 149 Å². The summed E-state index contributed by atoms with van der Waals surface area (Å²) in [5.41, 5.74) is 0. The van der Waals surface area contributed by atoms with Gasteiger partial charge in [0, 0.05) is 4.40 Å². The van der Waals surface area contributed by atoms with E-state index >= 15 is 0 Å². The molecule has 1 aliphatic heterocycles. The Kier molecular flexibility index (Phi) is 5.62. The van der Waals surface area contributed by atoms with Crippen LogP contribution in [0.5, 0.6) is 0 Å². The maximum atomic E-state index is 14.8. The Bertz CT molecular complexity index is 528. The van der Waals surface area contributed by atoms with Gasteiger partial charge in [-0.1, -0.05) is 65.0 Å². The molecule has 0 radical (unpaired) electrons. The molecule has 1 heterocycles. The smallest absolute Gasteiger partial charge is 0.215 e. The lowest BCUT2D eigenvalue weighted by Gasteiger charge is -2.54. The highest BCUT2D eigenvalue weighted by molar-refractivity contribution is 7.76. The zero-order chi connectivity index (χ0) is 18.7. The van der Waals surface area contributed by atoms with Crippen LogP contribution < -0.4 is 0 Å². The van der Waals surface area contributed by atoms with Crippen LogP contribution in [0.4, 0.5) is 0 Å². The van der Waals surface area contributed by atoms with Crippen molar-refractivity contribution in [2.24, 2.45) is 0 Å². The third-order valence-corrected chi connectivity index (χ3v) is 30.6. The molecule has 0 spiro atoms. The van der Waals surface area contributed by atoms with Gasteiger partial charge < -0.3 is 4.21 Å². The molecule has 1 unspecified atom stereocenters. The predicted octanol–water partition coefficient (Wildman–Crippen LogP) is 6.77. The lowest BCUT2D eigenvalue weighted by atomic mass is 10.5. The van der Waals surface area contributed by atoms with Crippen LogP contribution >= 0.6 is 7.37 Å². The van der Waals surface area contributed by atoms with Crippen LogP contribution in [-0.4, -0.2) is 36.9 Å². The Morgan fingerprint density at radius 3 is 1.52 bits per heavy atom. The second-order valence-electron chi connectivity index (χ2n) is 11.2. The Morgan fingerprint density at radius 2 is 1.26 bits per heavy atom. The summed E-state index contributed by atoms with van der Waals surface area (Å²) in [5, 5.41) is 0. The van der Waals surface area contributed by atoms with Crippen LogP contribution in [0.15, 0.2) is 11.0 Å². The molecule has 0 fully saturated rings. The van der Waals surface area contributed by atoms with Crippen molar-refractivity contribution < 1.29 is 8.78 Å². The lowest BCUT2D eigenvalue weighted by molar-refractivity contribution is 0.481. The summed E-state index contributed by atoms with van der Waals surface area (Å²) >= 11 is 0. The molecule has 136 valence electrons. The molecule has 0 amide bonds. The van der Waals surface area contributed by atoms with Gasteiger partial charge in [-0.2, -0.15) is 0 Å². The molecule has 1 atom stereocenters. The standard InChI is InChI=1S/C16H39O2PSi4/c1-20(2,3)15-13-14-16(21(4,5)6,22(7,8)9)19(15,17)18-23(10,11)12/h13H,14H2,1-12H3. The molecule has 0 saturated heterocycles. The van der Waals surface area contributed by atoms with Crippen molar-refractivity contribution in [2.75, 3.05) is 0 Å². The normalized spacial score (nSPS) is 26.3. The van der Waals surface area contributed by atoms with Gasteiger partial charge in [-0.15, -0.1) is 0 Å². The van der Waals surface area contributed by atoms with Crippen molar-refractivity contribution in [3.05, 3.63) is 11.0 Å². The molecule has 0 aromatic rings. The SMILES string of the molecule is C[Si](C)(C)OP1(=O)C([Si](C)(C)C)=CCC1([Si](C)(C)C)[Si](C)(C)C. The molecule has 0 saturated carbocycles. The minimum atomic E-state index is -2.80. The van der Waals surface area contributed by atoms with E-state index in [0.29, 0.717) is 0 Å². The van der Waals surface area contributed by atoms with E-state index in [0.717, 1.165) is 6.42 Å². The van der Waals surface area contributed by atoms with Crippen molar-refractivity contribution in [3.63, 3.8) is 0 Å². The van der Waals surface area contributed by atoms with E-state index in [4.69, 9.17) is 4.21 Å². The maximum absolute atomic E-state index is 14.8. The molecule has 0 bridgehead atoms. The summed E-state index contributed by atoms with van der Waals surface area (Å²) in [6, 6.07) is 0. The fraction of sp³-hybridized carbons (Fsp3) is 0.875. The first kappa shape index (κ1) is 21.8. The first-order chi connectivity index (χ1) is 9.80. The highest BCUT2D eigenvalue weighted by Crippen LogP contribution is 2.77. The molecule has 2 nitrogen and oxygen atoms in total. The minimum Gasteiger partial charge on any atom is -0.368 e. The van der Waals surface area contributed by atoms with Crippen LogP contribution in [0.25, 0.3) is 0 Å². The van der Waals surface area contributed by atoms with Crippen molar-refractivity contribution in [1.82, 2.24) is 0 Å². The molecular formula is C16H39O2PSi4. The Morgan fingerprint density at radius 1 is 0.870 bits per heavy atom. The molecule has 1 rings (SSSR count). The van der Waals surface area contributed by atoms with Crippen molar-refractivity contribution in [2.45, 2.75) is 89.4 Å². The van der Waals surface area contributed by atoms with E-state index in [1.54, 1.807) is 0 Å². The predicted molar refractivity (Wildman–Crippen MR) is 118 cm³/mol. The number of allylic oxidation sites excluding steroid dienone is 1. The second-order valence-corrected chi connectivity index (χ2v) is 36.0. The Balaban J connectivity index is 3.77. The van der Waals surface area contributed by atoms with Gasteiger partial charge >= 0.3 is 0 Å². The molecule has 0 aromatic carbocycles. The number of rotatable bonds is 5. The molecule has 7 heteroatoms. The molecule has 0 aromatic heterocycles. The summed E-state index contributed by atoms with van der Waals surface area (Å²) in [5.74, 6) is 0. The monoisotopic (exact) mass is 406 g/mol. The summed E-state index contributed by atoms with van der Waals surface area (Å²) < 4.78 is 21.5. The zero-order valence-corrected chi connectivity index (χ0v) is 22.4. The molecule has 0 N–H and O–H groups in total. The number of hydrogen-bond donors (Lipinski definition) is 0. The van der Waals surface area contributed by atoms with Crippen molar-refractivity contribution >= 4 is 39.9 Å². The summed E-state index contributed by atoms with van der Waals surface area (Å²) in [7, 11) is -9.76. The number of hydrogen-bond acceptors (Lipinski definition) is 2. The van der Waals surface area contributed by atoms with Crippen LogP contribution in [0.3, 0.4) is 0 Å². The fourth-order valence-corrected chi connectivity index (χ4v) is 34.7. The van der Waals surface area contributed by atoms with Crippen molar-refractivity contribution in [1.29, 1.82) is 0 Å². The first-order valence-electron chi connectivity index (χ1n) is 8.82. The third-order valence-electron chi connectivity index (χ3n) is 5.06. The van der Waals surface area contributed by atoms with Gasteiger partial charge in [0.1, 0.15) is 0 Å². The van der Waals surface area contributed by atoms with E-state index in [2.05, 4.69) is 84.6 Å². The average Bonchev–Trinajstić information content (AvgIpc) is 2.45. The minimum absolute atomic E-state index is 0.0527. The molecular weight excluding hydrogens is 367 g/mol. The van der Waals surface area contributed by atoms with E-state index in [1.165, 1.54) is 4.94 Å². The van der Waals surface area contributed by atoms with Gasteiger partial charge in [-0.05, 0) is 31.0 Å². The molecule has 23 heavy (non-hydrogen) atoms. The van der Waals surface area contributed by atoms with Gasteiger partial charge in [0.25, 0.3) is 0 Å². The van der Waals surface area contributed by atoms with Gasteiger partial charge in [0.15, 0.2) is 8.32 Å². The fourth-order valence-electron chi connectivity index (χ4n) is 4.57. The van der Waals surface area contributed by atoms with Gasteiger partial charge in [0.2, 0.25) is 7.37 Å². The topological polar surface area (TPSA) is 26.3 Å². The summed E-state index contributed by atoms with van der Waals surface area (Å²) in [4.78, 5) is 1.26. The molecule has 1 aliphatic rings. The van der Waals surface area contributed by atoms with Gasteiger partial charge in [-0.25, -0.2) is 0 Å². The van der Waals surface area contributed by atoms with E-state index in [9.17, 15) is 4.57 Å².